The van der Waals surface area contributed by atoms with Gasteiger partial charge in [-0.3, -0.25) is 9.59 Å². The fourth-order valence-corrected chi connectivity index (χ4v) is 1.96. The number of hydrogen-bond donors (Lipinski definition) is 2. The minimum Gasteiger partial charge on any atom is -0.366 e. The van der Waals surface area contributed by atoms with E-state index in [2.05, 4.69) is 5.32 Å². The van der Waals surface area contributed by atoms with Crippen LogP contribution in [0, 0.1) is 0 Å². The van der Waals surface area contributed by atoms with E-state index in [-0.39, 0.29) is 5.91 Å². The monoisotopic (exact) mass is 288 g/mol. The van der Waals surface area contributed by atoms with Crippen molar-refractivity contribution in [2.45, 2.75) is 6.54 Å². The number of carbonyl (C=O) groups is 2. The number of primary amides is 1. The summed E-state index contributed by atoms with van der Waals surface area (Å²) in [6.07, 6.45) is 0. The molecule has 0 aliphatic heterocycles. The first kappa shape index (κ1) is 14.1. The van der Waals surface area contributed by atoms with Gasteiger partial charge in [0.05, 0.1) is 0 Å². The molecule has 0 fully saturated rings. The third kappa shape index (κ3) is 3.59. The molecular weight excluding hydrogens is 276 g/mol. The van der Waals surface area contributed by atoms with Crippen molar-refractivity contribution in [1.29, 1.82) is 0 Å². The first-order chi connectivity index (χ1) is 9.56. The molecular formula is C15H13ClN2O2. The van der Waals surface area contributed by atoms with Crippen LogP contribution in [0.3, 0.4) is 0 Å². The average Bonchev–Trinajstić information content (AvgIpc) is 2.45. The summed E-state index contributed by atoms with van der Waals surface area (Å²) in [5, 5.41) is 3.38. The number of halogens is 1. The molecule has 2 aromatic rings. The number of amides is 2. The second-order valence-corrected chi connectivity index (χ2v) is 4.69. The van der Waals surface area contributed by atoms with Gasteiger partial charge in [-0.15, -0.1) is 0 Å². The van der Waals surface area contributed by atoms with Crippen molar-refractivity contribution in [3.8, 4) is 0 Å². The Morgan fingerprint density at radius 1 is 1.05 bits per heavy atom. The van der Waals surface area contributed by atoms with E-state index < -0.39 is 5.91 Å². The van der Waals surface area contributed by atoms with Gasteiger partial charge in [-0.1, -0.05) is 29.8 Å². The van der Waals surface area contributed by atoms with Gasteiger partial charge < -0.3 is 11.1 Å². The average molecular weight is 289 g/mol. The Hall–Kier alpha value is -2.33. The van der Waals surface area contributed by atoms with Crippen molar-refractivity contribution in [3.63, 3.8) is 0 Å². The Morgan fingerprint density at radius 2 is 1.75 bits per heavy atom. The molecule has 2 amide bonds. The van der Waals surface area contributed by atoms with Crippen LogP contribution in [0.5, 0.6) is 0 Å². The molecule has 20 heavy (non-hydrogen) atoms. The lowest BCUT2D eigenvalue weighted by atomic mass is 10.1. The number of carbonyl (C=O) groups excluding carboxylic acids is 2. The van der Waals surface area contributed by atoms with Gasteiger partial charge in [-0.25, -0.2) is 0 Å². The Labute approximate surface area is 121 Å². The molecule has 0 saturated heterocycles. The number of hydrogen-bond acceptors (Lipinski definition) is 2. The molecule has 3 N–H and O–H groups in total. The van der Waals surface area contributed by atoms with Crippen molar-refractivity contribution in [2.75, 3.05) is 0 Å². The van der Waals surface area contributed by atoms with E-state index in [9.17, 15) is 9.59 Å². The fraction of sp³-hybridized carbons (Fsp3) is 0.0667. The van der Waals surface area contributed by atoms with Crippen molar-refractivity contribution in [3.05, 3.63) is 70.2 Å². The molecule has 0 aliphatic carbocycles. The van der Waals surface area contributed by atoms with Crippen LogP contribution in [0.15, 0.2) is 48.5 Å². The summed E-state index contributed by atoms with van der Waals surface area (Å²) in [5.41, 5.74) is 6.78. The van der Waals surface area contributed by atoms with Gasteiger partial charge in [-0.05, 0) is 35.9 Å². The van der Waals surface area contributed by atoms with Crippen LogP contribution >= 0.6 is 11.6 Å². The lowest BCUT2D eigenvalue weighted by molar-refractivity contribution is 0.0951. The summed E-state index contributed by atoms with van der Waals surface area (Å²) in [7, 11) is 0. The van der Waals surface area contributed by atoms with Gasteiger partial charge in [0.25, 0.3) is 5.91 Å². The van der Waals surface area contributed by atoms with E-state index in [1.807, 2.05) is 12.1 Å². The summed E-state index contributed by atoms with van der Waals surface area (Å²) < 4.78 is 0. The van der Waals surface area contributed by atoms with E-state index in [0.717, 1.165) is 5.56 Å². The number of rotatable bonds is 4. The maximum Gasteiger partial charge on any atom is 0.251 e. The third-order valence-electron chi connectivity index (χ3n) is 2.75. The van der Waals surface area contributed by atoms with Crippen LogP contribution in [0.4, 0.5) is 0 Å². The molecule has 0 saturated carbocycles. The van der Waals surface area contributed by atoms with Gasteiger partial charge in [0.1, 0.15) is 0 Å². The van der Waals surface area contributed by atoms with Crippen LogP contribution in [0.1, 0.15) is 26.3 Å². The standard InChI is InChI=1S/C15H13ClN2O2/c16-13-6-1-3-10(7-13)9-18-15(20)12-5-2-4-11(8-12)14(17)19/h1-8H,9H2,(H2,17,19)(H,18,20). The molecule has 0 spiro atoms. The van der Waals surface area contributed by atoms with Crippen molar-refractivity contribution in [1.82, 2.24) is 5.32 Å². The Bertz CT molecular complexity index is 656. The molecule has 0 bridgehead atoms. The highest BCUT2D eigenvalue weighted by Crippen LogP contribution is 2.11. The van der Waals surface area contributed by atoms with Crippen molar-refractivity contribution >= 4 is 23.4 Å². The smallest absolute Gasteiger partial charge is 0.251 e. The molecule has 5 heteroatoms. The van der Waals surface area contributed by atoms with E-state index in [4.69, 9.17) is 17.3 Å². The van der Waals surface area contributed by atoms with E-state index >= 15 is 0 Å². The van der Waals surface area contributed by atoms with Crippen LogP contribution in [0.2, 0.25) is 5.02 Å². The van der Waals surface area contributed by atoms with Gasteiger partial charge in [-0.2, -0.15) is 0 Å². The highest BCUT2D eigenvalue weighted by molar-refractivity contribution is 6.30. The lowest BCUT2D eigenvalue weighted by Gasteiger charge is -2.06. The first-order valence-corrected chi connectivity index (χ1v) is 6.36. The predicted molar refractivity (Wildman–Crippen MR) is 77.6 cm³/mol. The Morgan fingerprint density at radius 3 is 2.45 bits per heavy atom. The van der Waals surface area contributed by atoms with Gasteiger partial charge >= 0.3 is 0 Å². The molecule has 2 rings (SSSR count). The first-order valence-electron chi connectivity index (χ1n) is 5.99. The lowest BCUT2D eigenvalue weighted by Crippen LogP contribution is -2.23. The maximum atomic E-state index is 12.0. The van der Waals surface area contributed by atoms with Gasteiger partial charge in [0.2, 0.25) is 5.91 Å². The molecule has 0 atom stereocenters. The molecule has 0 aliphatic rings. The molecule has 0 aromatic heterocycles. The van der Waals surface area contributed by atoms with Crippen LogP contribution < -0.4 is 11.1 Å². The van der Waals surface area contributed by atoms with Gasteiger partial charge in [0, 0.05) is 22.7 Å². The minimum absolute atomic E-state index is 0.270. The molecule has 0 unspecified atom stereocenters. The number of nitrogens with two attached hydrogens (primary N) is 1. The van der Waals surface area contributed by atoms with E-state index in [0.29, 0.717) is 22.7 Å². The molecule has 102 valence electrons. The molecule has 0 radical (unpaired) electrons. The zero-order chi connectivity index (χ0) is 14.5. The summed E-state index contributed by atoms with van der Waals surface area (Å²) in [6, 6.07) is 13.5. The van der Waals surface area contributed by atoms with Gasteiger partial charge in [0.15, 0.2) is 0 Å². The topological polar surface area (TPSA) is 72.2 Å². The molecule has 2 aromatic carbocycles. The summed E-state index contributed by atoms with van der Waals surface area (Å²) in [6.45, 7) is 0.361. The van der Waals surface area contributed by atoms with Crippen LogP contribution in [-0.2, 0) is 6.54 Å². The summed E-state index contributed by atoms with van der Waals surface area (Å²) in [4.78, 5) is 23.0. The Balaban J connectivity index is 2.05. The highest BCUT2D eigenvalue weighted by atomic mass is 35.5. The van der Waals surface area contributed by atoms with Crippen molar-refractivity contribution < 1.29 is 9.59 Å². The second-order valence-electron chi connectivity index (χ2n) is 4.26. The summed E-state index contributed by atoms with van der Waals surface area (Å²) >= 11 is 5.87. The quantitative estimate of drug-likeness (QED) is 0.906. The minimum atomic E-state index is -0.561. The fourth-order valence-electron chi connectivity index (χ4n) is 1.75. The SMILES string of the molecule is NC(=O)c1cccc(C(=O)NCc2cccc(Cl)c2)c1. The predicted octanol–water partition coefficient (Wildman–Crippen LogP) is 2.37. The van der Waals surface area contributed by atoms with E-state index in [1.54, 1.807) is 30.3 Å². The largest absolute Gasteiger partial charge is 0.366 e. The summed E-state index contributed by atoms with van der Waals surface area (Å²) in [5.74, 6) is -0.831. The number of benzene rings is 2. The zero-order valence-corrected chi connectivity index (χ0v) is 11.4. The maximum absolute atomic E-state index is 12.0. The zero-order valence-electron chi connectivity index (χ0n) is 10.6. The number of nitrogens with one attached hydrogen (secondary N) is 1. The molecule has 0 heterocycles. The normalized spacial score (nSPS) is 10.1. The highest BCUT2D eigenvalue weighted by Gasteiger charge is 2.08. The Kier molecular flexibility index (Phi) is 4.38. The molecule has 4 nitrogen and oxygen atoms in total. The van der Waals surface area contributed by atoms with Crippen LogP contribution in [-0.4, -0.2) is 11.8 Å². The van der Waals surface area contributed by atoms with Crippen molar-refractivity contribution in [2.24, 2.45) is 5.73 Å². The third-order valence-corrected chi connectivity index (χ3v) is 2.99. The van der Waals surface area contributed by atoms with E-state index in [1.165, 1.54) is 6.07 Å². The van der Waals surface area contributed by atoms with Crippen LogP contribution in [0.25, 0.3) is 0 Å². The second kappa shape index (κ2) is 6.21.